The second-order valence-corrected chi connectivity index (χ2v) is 7.62. The van der Waals surface area contributed by atoms with Gasteiger partial charge in [0.05, 0.1) is 22.6 Å². The van der Waals surface area contributed by atoms with E-state index in [9.17, 15) is 14.4 Å². The Labute approximate surface area is 165 Å². The maximum absolute atomic E-state index is 12.5. The van der Waals surface area contributed by atoms with Crippen molar-refractivity contribution in [1.82, 2.24) is 4.90 Å². The summed E-state index contributed by atoms with van der Waals surface area (Å²) in [6.07, 6.45) is 1.09. The molecule has 0 atom stereocenters. The van der Waals surface area contributed by atoms with Gasteiger partial charge < -0.3 is 4.74 Å². The molecule has 0 radical (unpaired) electrons. The summed E-state index contributed by atoms with van der Waals surface area (Å²) in [5.74, 6) is -1.52. The van der Waals surface area contributed by atoms with Crippen molar-refractivity contribution in [2.24, 2.45) is 10.9 Å². The van der Waals surface area contributed by atoms with Gasteiger partial charge in [-0.1, -0.05) is 37.0 Å². The number of thioether (sulfide) groups is 1. The first-order chi connectivity index (χ1) is 12.2. The Bertz CT molecular complexity index is 821. The number of methoxy groups -OCH3 is 1. The third kappa shape index (κ3) is 4.87. The molecule has 0 bridgehead atoms. The van der Waals surface area contributed by atoms with Crippen LogP contribution in [0.15, 0.2) is 34.2 Å². The average molecular weight is 415 g/mol. The van der Waals surface area contributed by atoms with E-state index in [1.54, 1.807) is 0 Å². The van der Waals surface area contributed by atoms with Crippen molar-refractivity contribution in [2.45, 2.75) is 13.8 Å². The Hall–Kier alpha value is -1.83. The highest BCUT2D eigenvalue weighted by Crippen LogP contribution is 2.32. The predicted octanol–water partition coefficient (Wildman–Crippen LogP) is 3.78. The molecule has 0 aromatic heterocycles. The van der Waals surface area contributed by atoms with Crippen LogP contribution in [0.25, 0.3) is 0 Å². The minimum Gasteiger partial charge on any atom is -0.466 e. The van der Waals surface area contributed by atoms with E-state index in [1.165, 1.54) is 30.2 Å². The summed E-state index contributed by atoms with van der Waals surface area (Å²) in [5, 5.41) is 0.756. The summed E-state index contributed by atoms with van der Waals surface area (Å²) in [5.41, 5.74) is 0.173. The number of hydrogen-bond donors (Lipinski definition) is 0. The largest absolute Gasteiger partial charge is 0.466 e. The molecular formula is C17H16Cl2N2O4S. The fourth-order valence-corrected chi connectivity index (χ4v) is 3.53. The normalized spacial score (nSPS) is 17.5. The van der Waals surface area contributed by atoms with Crippen LogP contribution in [0.5, 0.6) is 0 Å². The van der Waals surface area contributed by atoms with Gasteiger partial charge in [-0.05, 0) is 35.9 Å². The number of halogens is 2. The minimum absolute atomic E-state index is 0.136. The van der Waals surface area contributed by atoms with Crippen molar-refractivity contribution in [3.8, 4) is 0 Å². The topological polar surface area (TPSA) is 76.0 Å². The number of amidine groups is 1. The minimum atomic E-state index is -0.654. The highest BCUT2D eigenvalue weighted by molar-refractivity contribution is 8.18. The molecular weight excluding hydrogens is 399 g/mol. The number of ether oxygens (including phenoxy) is 1. The van der Waals surface area contributed by atoms with Gasteiger partial charge in [-0.3, -0.25) is 14.5 Å². The fourth-order valence-electron chi connectivity index (χ4n) is 2.09. The number of esters is 1. The zero-order chi connectivity index (χ0) is 19.4. The number of carbonyl (C=O) groups excluding carboxylic acids is 3. The molecule has 1 fully saturated rings. The molecule has 2 amide bonds. The highest BCUT2D eigenvalue weighted by atomic mass is 35.5. The van der Waals surface area contributed by atoms with Gasteiger partial charge in [-0.25, -0.2) is 4.79 Å². The van der Waals surface area contributed by atoms with Crippen molar-refractivity contribution in [3.05, 3.63) is 44.8 Å². The number of hydrogen-bond acceptors (Lipinski definition) is 5. The van der Waals surface area contributed by atoms with Crippen LogP contribution in [0.3, 0.4) is 0 Å². The van der Waals surface area contributed by atoms with E-state index in [1.807, 2.05) is 13.8 Å². The Balaban J connectivity index is 2.38. The van der Waals surface area contributed by atoms with E-state index >= 15 is 0 Å². The molecule has 0 aliphatic carbocycles. The summed E-state index contributed by atoms with van der Waals surface area (Å²) < 4.78 is 4.55. The van der Waals surface area contributed by atoms with Crippen molar-refractivity contribution in [2.75, 3.05) is 13.7 Å². The zero-order valence-electron chi connectivity index (χ0n) is 14.3. The number of amides is 2. The summed E-state index contributed by atoms with van der Waals surface area (Å²) >= 11 is 12.8. The van der Waals surface area contributed by atoms with Crippen LogP contribution in [0.1, 0.15) is 24.2 Å². The molecule has 1 aliphatic heterocycles. The van der Waals surface area contributed by atoms with Crippen LogP contribution in [0, 0.1) is 5.92 Å². The smallest absolute Gasteiger partial charge is 0.331 e. The van der Waals surface area contributed by atoms with E-state index in [0.29, 0.717) is 11.6 Å². The number of nitrogens with zero attached hydrogens (tertiary/aromatic N) is 2. The quantitative estimate of drug-likeness (QED) is 0.553. The standard InChI is InChI=1S/C17H16Cl2N2O4S/c1-9(2)8-21-16(24)13(7-14(22)25-3)26-17(21)20-15(23)11-5-4-10(18)6-12(11)19/h4-7,9H,8H2,1-3H3. The molecule has 6 nitrogen and oxygen atoms in total. The monoisotopic (exact) mass is 414 g/mol. The van der Waals surface area contributed by atoms with Gasteiger partial charge in [0.2, 0.25) is 0 Å². The SMILES string of the molecule is COC(=O)C=C1SC(=NC(=O)c2ccc(Cl)cc2Cl)N(CC(C)C)C1=O. The summed E-state index contributed by atoms with van der Waals surface area (Å²) in [6.45, 7) is 4.20. The van der Waals surface area contributed by atoms with Crippen LogP contribution in [0.4, 0.5) is 0 Å². The third-order valence-corrected chi connectivity index (χ3v) is 4.80. The molecule has 0 spiro atoms. The molecule has 1 heterocycles. The zero-order valence-corrected chi connectivity index (χ0v) is 16.6. The van der Waals surface area contributed by atoms with Gasteiger partial charge in [0.25, 0.3) is 11.8 Å². The van der Waals surface area contributed by atoms with E-state index in [-0.39, 0.29) is 26.6 Å². The predicted molar refractivity (Wildman–Crippen MR) is 102 cm³/mol. The lowest BCUT2D eigenvalue weighted by molar-refractivity contribution is -0.135. The van der Waals surface area contributed by atoms with Crippen LogP contribution in [-0.2, 0) is 14.3 Å². The maximum atomic E-state index is 12.5. The van der Waals surface area contributed by atoms with Gasteiger partial charge >= 0.3 is 5.97 Å². The lowest BCUT2D eigenvalue weighted by Crippen LogP contribution is -2.33. The molecule has 9 heteroatoms. The van der Waals surface area contributed by atoms with E-state index in [0.717, 1.165) is 17.8 Å². The molecule has 138 valence electrons. The van der Waals surface area contributed by atoms with Crippen LogP contribution in [0.2, 0.25) is 10.0 Å². The molecule has 2 rings (SSSR count). The molecule has 1 aromatic rings. The molecule has 1 aliphatic rings. The highest BCUT2D eigenvalue weighted by Gasteiger charge is 2.35. The average Bonchev–Trinajstić information content (AvgIpc) is 2.82. The molecule has 0 saturated carbocycles. The number of benzene rings is 1. The van der Waals surface area contributed by atoms with Crippen LogP contribution in [-0.4, -0.2) is 41.5 Å². The van der Waals surface area contributed by atoms with E-state index in [4.69, 9.17) is 23.2 Å². The Morgan fingerprint density at radius 1 is 1.35 bits per heavy atom. The van der Waals surface area contributed by atoms with Crippen LogP contribution < -0.4 is 0 Å². The van der Waals surface area contributed by atoms with Gasteiger partial charge in [-0.15, -0.1) is 0 Å². The van der Waals surface area contributed by atoms with E-state index < -0.39 is 17.8 Å². The molecule has 26 heavy (non-hydrogen) atoms. The molecule has 0 N–H and O–H groups in total. The summed E-state index contributed by atoms with van der Waals surface area (Å²) in [6, 6.07) is 4.44. The van der Waals surface area contributed by atoms with Crippen molar-refractivity contribution < 1.29 is 19.1 Å². The molecule has 1 saturated heterocycles. The Morgan fingerprint density at radius 2 is 2.04 bits per heavy atom. The second kappa shape index (κ2) is 8.70. The summed E-state index contributed by atoms with van der Waals surface area (Å²) in [7, 11) is 1.22. The Kier molecular flexibility index (Phi) is 6.86. The number of aliphatic imine (C=N–C) groups is 1. The van der Waals surface area contributed by atoms with Crippen molar-refractivity contribution in [3.63, 3.8) is 0 Å². The maximum Gasteiger partial charge on any atom is 0.331 e. The lowest BCUT2D eigenvalue weighted by atomic mass is 10.2. The van der Waals surface area contributed by atoms with Gasteiger partial charge in [-0.2, -0.15) is 4.99 Å². The van der Waals surface area contributed by atoms with Crippen molar-refractivity contribution >= 4 is 57.9 Å². The van der Waals surface area contributed by atoms with Gasteiger partial charge in [0.15, 0.2) is 5.17 Å². The lowest BCUT2D eigenvalue weighted by Gasteiger charge is -2.17. The molecule has 1 aromatic carbocycles. The second-order valence-electron chi connectivity index (χ2n) is 5.77. The van der Waals surface area contributed by atoms with Gasteiger partial charge in [0.1, 0.15) is 0 Å². The first-order valence-electron chi connectivity index (χ1n) is 7.60. The van der Waals surface area contributed by atoms with E-state index in [2.05, 4.69) is 9.73 Å². The Morgan fingerprint density at radius 3 is 2.62 bits per heavy atom. The summed E-state index contributed by atoms with van der Waals surface area (Å²) in [4.78, 5) is 42.0. The fraction of sp³-hybridized carbons (Fsp3) is 0.294. The first-order valence-corrected chi connectivity index (χ1v) is 9.17. The van der Waals surface area contributed by atoms with Crippen LogP contribution >= 0.6 is 35.0 Å². The number of carbonyl (C=O) groups is 3. The number of rotatable bonds is 4. The van der Waals surface area contributed by atoms with Crippen molar-refractivity contribution in [1.29, 1.82) is 0 Å². The third-order valence-electron chi connectivity index (χ3n) is 3.24. The first kappa shape index (κ1) is 20.5. The molecule has 0 unspecified atom stereocenters. The van der Waals surface area contributed by atoms with Gasteiger partial charge in [0, 0.05) is 17.6 Å².